The average molecular weight is 375 g/mol. The third-order valence-corrected chi connectivity index (χ3v) is 6.38. The molecule has 2 heterocycles. The van der Waals surface area contributed by atoms with Gasteiger partial charge in [0.25, 0.3) is 0 Å². The van der Waals surface area contributed by atoms with Crippen LogP contribution in [-0.4, -0.2) is 37.5 Å². The van der Waals surface area contributed by atoms with E-state index >= 15 is 0 Å². The molecule has 0 radical (unpaired) electrons. The summed E-state index contributed by atoms with van der Waals surface area (Å²) in [6, 6.07) is 7.78. The summed E-state index contributed by atoms with van der Waals surface area (Å²) in [6.45, 7) is 3.43. The molecule has 0 saturated carbocycles. The lowest BCUT2D eigenvalue weighted by atomic mass is 9.95. The van der Waals surface area contributed by atoms with Gasteiger partial charge in [0.1, 0.15) is 6.23 Å². The predicted molar refractivity (Wildman–Crippen MR) is 103 cm³/mol. The van der Waals surface area contributed by atoms with Crippen molar-refractivity contribution in [1.82, 2.24) is 9.71 Å². The van der Waals surface area contributed by atoms with Crippen LogP contribution in [0.2, 0.25) is 0 Å². The maximum Gasteiger partial charge on any atom is 0.211 e. The summed E-state index contributed by atoms with van der Waals surface area (Å²) in [5.41, 5.74) is 5.04. The predicted octanol–water partition coefficient (Wildman–Crippen LogP) is 2.45. The topological polar surface area (TPSA) is 82.5 Å². The zero-order chi connectivity index (χ0) is 18.9. The van der Waals surface area contributed by atoms with E-state index in [9.17, 15) is 13.5 Å². The number of sulfonamides is 1. The molecule has 0 saturated heterocycles. The number of nitrogens with zero attached hydrogens (tertiary/aromatic N) is 2. The zero-order valence-corrected chi connectivity index (χ0v) is 16.1. The van der Waals surface area contributed by atoms with E-state index in [1.54, 1.807) is 19.3 Å². The Labute approximate surface area is 154 Å². The van der Waals surface area contributed by atoms with Gasteiger partial charge in [-0.25, -0.2) is 13.1 Å². The molecular weight excluding hydrogens is 350 g/mol. The smallest absolute Gasteiger partial charge is 0.211 e. The van der Waals surface area contributed by atoms with Gasteiger partial charge in [-0.2, -0.15) is 0 Å². The van der Waals surface area contributed by atoms with Crippen LogP contribution in [0.4, 0.5) is 5.69 Å². The Morgan fingerprint density at radius 1 is 1.31 bits per heavy atom. The van der Waals surface area contributed by atoms with Gasteiger partial charge in [0.05, 0.1) is 5.75 Å². The summed E-state index contributed by atoms with van der Waals surface area (Å²) >= 11 is 0. The Kier molecular flexibility index (Phi) is 5.32. The molecule has 1 aliphatic rings. The number of nitrogens with one attached hydrogen (secondary N) is 1. The SMILES string of the molecule is CCS(=O)(=O)NC(C)c1cncc(-c2ccc3c(c2)CCC(O)N3C)c1. The van der Waals surface area contributed by atoms with E-state index in [1.807, 2.05) is 37.1 Å². The number of rotatable bonds is 5. The molecule has 140 valence electrons. The molecule has 1 aromatic carbocycles. The fourth-order valence-electron chi connectivity index (χ4n) is 3.22. The number of hydrogen-bond donors (Lipinski definition) is 2. The van der Waals surface area contributed by atoms with Crippen LogP contribution in [-0.2, 0) is 16.4 Å². The molecular formula is C19H25N3O3S. The van der Waals surface area contributed by atoms with Crippen molar-refractivity contribution in [2.24, 2.45) is 0 Å². The van der Waals surface area contributed by atoms with Crippen LogP contribution in [0.15, 0.2) is 36.7 Å². The number of pyridine rings is 1. The van der Waals surface area contributed by atoms with Crippen molar-refractivity contribution in [2.75, 3.05) is 17.7 Å². The molecule has 0 fully saturated rings. The average Bonchev–Trinajstić information content (AvgIpc) is 2.64. The Morgan fingerprint density at radius 2 is 2.08 bits per heavy atom. The van der Waals surface area contributed by atoms with Gasteiger partial charge in [-0.15, -0.1) is 0 Å². The second-order valence-corrected chi connectivity index (χ2v) is 8.77. The van der Waals surface area contributed by atoms with E-state index in [4.69, 9.17) is 0 Å². The Morgan fingerprint density at radius 3 is 2.81 bits per heavy atom. The molecule has 2 N–H and O–H groups in total. The fraction of sp³-hybridized carbons (Fsp3) is 0.421. The van der Waals surface area contributed by atoms with Crippen molar-refractivity contribution in [3.05, 3.63) is 47.8 Å². The first-order valence-corrected chi connectivity index (χ1v) is 10.4. The van der Waals surface area contributed by atoms with Crippen LogP contribution in [0, 0.1) is 0 Å². The molecule has 3 rings (SSSR count). The van der Waals surface area contributed by atoms with Crippen LogP contribution >= 0.6 is 0 Å². The standard InChI is InChI=1S/C19H25N3O3S/c1-4-26(24,25)21-13(2)16-10-17(12-20-11-16)14-5-7-18-15(9-14)6-8-19(23)22(18)3/h5,7,9-13,19,21,23H,4,6,8H2,1-3H3. The lowest BCUT2D eigenvalue weighted by Gasteiger charge is -2.32. The van der Waals surface area contributed by atoms with E-state index in [1.165, 1.54) is 5.56 Å². The third-order valence-electron chi connectivity index (χ3n) is 4.91. The number of aliphatic hydroxyl groups is 1. The quantitative estimate of drug-likeness (QED) is 0.839. The summed E-state index contributed by atoms with van der Waals surface area (Å²) in [5.74, 6) is 0.0502. The van der Waals surface area contributed by atoms with E-state index in [0.29, 0.717) is 6.42 Å². The van der Waals surface area contributed by atoms with Gasteiger partial charge >= 0.3 is 0 Å². The van der Waals surface area contributed by atoms with Crippen molar-refractivity contribution in [3.8, 4) is 11.1 Å². The molecule has 2 unspecified atom stereocenters. The maximum absolute atomic E-state index is 11.8. The molecule has 6 nitrogen and oxygen atoms in total. The van der Waals surface area contributed by atoms with E-state index < -0.39 is 16.3 Å². The molecule has 1 aromatic heterocycles. The Hall–Kier alpha value is -1.96. The summed E-state index contributed by atoms with van der Waals surface area (Å²) < 4.78 is 26.3. The van der Waals surface area contributed by atoms with Gasteiger partial charge in [0.15, 0.2) is 0 Å². The normalized spacial score (nSPS) is 18.5. The van der Waals surface area contributed by atoms with E-state index in [0.717, 1.165) is 28.8 Å². The summed E-state index contributed by atoms with van der Waals surface area (Å²) in [6.07, 6.45) is 4.57. The lowest BCUT2D eigenvalue weighted by Crippen LogP contribution is -2.35. The minimum atomic E-state index is -3.27. The van der Waals surface area contributed by atoms with Crippen molar-refractivity contribution in [1.29, 1.82) is 0 Å². The van der Waals surface area contributed by atoms with Gasteiger partial charge in [-0.3, -0.25) is 4.98 Å². The van der Waals surface area contributed by atoms with Crippen LogP contribution in [0.3, 0.4) is 0 Å². The van der Waals surface area contributed by atoms with Crippen molar-refractivity contribution < 1.29 is 13.5 Å². The van der Waals surface area contributed by atoms with Crippen molar-refractivity contribution in [2.45, 2.75) is 39.0 Å². The highest BCUT2D eigenvalue weighted by atomic mass is 32.2. The van der Waals surface area contributed by atoms with E-state index in [2.05, 4.69) is 15.8 Å². The van der Waals surface area contributed by atoms with Gasteiger partial charge in [0.2, 0.25) is 10.0 Å². The summed E-state index contributed by atoms with van der Waals surface area (Å²) in [4.78, 5) is 6.18. The van der Waals surface area contributed by atoms with Crippen molar-refractivity contribution in [3.63, 3.8) is 0 Å². The van der Waals surface area contributed by atoms with Crippen LogP contribution < -0.4 is 9.62 Å². The third kappa shape index (κ3) is 3.90. The summed E-state index contributed by atoms with van der Waals surface area (Å²) in [5, 5.41) is 9.98. The van der Waals surface area contributed by atoms with Crippen LogP contribution in [0.25, 0.3) is 11.1 Å². The van der Waals surface area contributed by atoms with Crippen LogP contribution in [0.5, 0.6) is 0 Å². The molecule has 1 aliphatic heterocycles. The number of hydrogen-bond acceptors (Lipinski definition) is 5. The highest BCUT2D eigenvalue weighted by Crippen LogP contribution is 2.33. The molecule has 2 aromatic rings. The second kappa shape index (κ2) is 7.34. The zero-order valence-electron chi connectivity index (χ0n) is 15.3. The van der Waals surface area contributed by atoms with Gasteiger partial charge in [-0.05, 0) is 61.6 Å². The molecule has 0 bridgehead atoms. The van der Waals surface area contributed by atoms with Crippen LogP contribution in [0.1, 0.15) is 37.4 Å². The maximum atomic E-state index is 11.8. The lowest BCUT2D eigenvalue weighted by molar-refractivity contribution is 0.160. The number of benzene rings is 1. The second-order valence-electron chi connectivity index (χ2n) is 6.72. The molecule has 0 aliphatic carbocycles. The monoisotopic (exact) mass is 375 g/mol. The first-order valence-electron chi connectivity index (χ1n) is 8.80. The number of aliphatic hydroxyl groups excluding tert-OH is 1. The molecule has 0 spiro atoms. The molecule has 2 atom stereocenters. The molecule has 0 amide bonds. The number of fused-ring (bicyclic) bond motifs is 1. The fourth-order valence-corrected chi connectivity index (χ4v) is 4.06. The number of anilines is 1. The van der Waals surface area contributed by atoms with Gasteiger partial charge < -0.3 is 10.0 Å². The first kappa shape index (κ1) is 18.8. The van der Waals surface area contributed by atoms with Crippen molar-refractivity contribution >= 4 is 15.7 Å². The Balaban J connectivity index is 1.89. The first-order chi connectivity index (χ1) is 12.3. The van der Waals surface area contributed by atoms with Gasteiger partial charge in [0, 0.05) is 36.7 Å². The summed E-state index contributed by atoms with van der Waals surface area (Å²) in [7, 11) is -1.38. The highest BCUT2D eigenvalue weighted by molar-refractivity contribution is 7.89. The van der Waals surface area contributed by atoms with E-state index in [-0.39, 0.29) is 11.8 Å². The number of aromatic nitrogens is 1. The minimum absolute atomic E-state index is 0.0502. The molecule has 7 heteroatoms. The minimum Gasteiger partial charge on any atom is -0.374 e. The Bertz CT molecular complexity index is 899. The molecule has 26 heavy (non-hydrogen) atoms. The highest BCUT2D eigenvalue weighted by Gasteiger charge is 2.21. The van der Waals surface area contributed by atoms with Gasteiger partial charge in [-0.1, -0.05) is 6.07 Å². The number of aryl methyl sites for hydroxylation is 1. The largest absolute Gasteiger partial charge is 0.374 e.